The minimum atomic E-state index is -0.289. The molecule has 126 valence electrons. The number of carbonyl (C=O) groups excluding carboxylic acids is 1. The van der Waals surface area contributed by atoms with Crippen LogP contribution < -0.4 is 10.6 Å². The zero-order valence-corrected chi connectivity index (χ0v) is 14.6. The van der Waals surface area contributed by atoms with Crippen molar-refractivity contribution in [3.8, 4) is 0 Å². The number of anilines is 3. The molecule has 0 saturated carbocycles. The SMILES string of the molecule is Cc1ccccc1NC(=O)c1cc(Nc2cc(Cl)ccc2C)ncn1. The standard InChI is InChI=1S/C19H17ClN4O/c1-12-5-3-4-6-15(12)24-19(25)17-10-18(22-11-21-17)23-16-9-14(20)8-7-13(16)2/h3-11H,1-2H3,(H,24,25)(H,21,22,23). The van der Waals surface area contributed by atoms with Crippen molar-refractivity contribution in [2.24, 2.45) is 0 Å². The van der Waals surface area contributed by atoms with Crippen LogP contribution in [0.1, 0.15) is 21.6 Å². The summed E-state index contributed by atoms with van der Waals surface area (Å²) >= 11 is 6.03. The first kappa shape index (κ1) is 16.9. The molecule has 0 spiro atoms. The van der Waals surface area contributed by atoms with E-state index in [4.69, 9.17) is 11.6 Å². The molecule has 5 nitrogen and oxygen atoms in total. The van der Waals surface area contributed by atoms with Crippen LogP contribution in [-0.4, -0.2) is 15.9 Å². The van der Waals surface area contributed by atoms with Crippen LogP contribution in [0.15, 0.2) is 54.9 Å². The summed E-state index contributed by atoms with van der Waals surface area (Å²) in [6.07, 6.45) is 1.36. The number of hydrogen-bond acceptors (Lipinski definition) is 4. The lowest BCUT2D eigenvalue weighted by Crippen LogP contribution is -2.15. The monoisotopic (exact) mass is 352 g/mol. The number of aromatic nitrogens is 2. The van der Waals surface area contributed by atoms with Gasteiger partial charge in [0.25, 0.3) is 5.91 Å². The molecule has 0 unspecified atom stereocenters. The maximum Gasteiger partial charge on any atom is 0.274 e. The number of aryl methyl sites for hydroxylation is 2. The lowest BCUT2D eigenvalue weighted by Gasteiger charge is -2.11. The second-order valence-corrected chi connectivity index (χ2v) is 6.08. The summed E-state index contributed by atoms with van der Waals surface area (Å²) in [7, 11) is 0. The van der Waals surface area contributed by atoms with Crippen molar-refractivity contribution in [2.45, 2.75) is 13.8 Å². The number of para-hydroxylation sites is 1. The van der Waals surface area contributed by atoms with E-state index < -0.39 is 0 Å². The Morgan fingerprint density at radius 3 is 2.52 bits per heavy atom. The second kappa shape index (κ2) is 7.32. The molecule has 25 heavy (non-hydrogen) atoms. The van der Waals surface area contributed by atoms with E-state index in [0.717, 1.165) is 22.5 Å². The summed E-state index contributed by atoms with van der Waals surface area (Å²) in [5.41, 5.74) is 3.87. The van der Waals surface area contributed by atoms with Gasteiger partial charge in [-0.2, -0.15) is 0 Å². The maximum atomic E-state index is 12.4. The van der Waals surface area contributed by atoms with Crippen molar-refractivity contribution in [2.75, 3.05) is 10.6 Å². The van der Waals surface area contributed by atoms with Crippen LogP contribution in [-0.2, 0) is 0 Å². The highest BCUT2D eigenvalue weighted by Crippen LogP contribution is 2.23. The predicted octanol–water partition coefficient (Wildman–Crippen LogP) is 4.74. The molecular weight excluding hydrogens is 336 g/mol. The molecule has 0 aliphatic heterocycles. The van der Waals surface area contributed by atoms with Gasteiger partial charge in [0.05, 0.1) is 0 Å². The van der Waals surface area contributed by atoms with Gasteiger partial charge in [0.1, 0.15) is 17.8 Å². The Hall–Kier alpha value is -2.92. The fourth-order valence-electron chi connectivity index (χ4n) is 2.32. The maximum absolute atomic E-state index is 12.4. The number of carbonyl (C=O) groups is 1. The second-order valence-electron chi connectivity index (χ2n) is 5.64. The fraction of sp³-hybridized carbons (Fsp3) is 0.105. The summed E-state index contributed by atoms with van der Waals surface area (Å²) in [5, 5.41) is 6.65. The minimum absolute atomic E-state index is 0.278. The Morgan fingerprint density at radius 1 is 0.960 bits per heavy atom. The van der Waals surface area contributed by atoms with E-state index in [1.807, 2.05) is 56.3 Å². The summed E-state index contributed by atoms with van der Waals surface area (Å²) in [4.78, 5) is 20.7. The quantitative estimate of drug-likeness (QED) is 0.711. The molecule has 1 aromatic heterocycles. The Labute approximate surface area is 151 Å². The van der Waals surface area contributed by atoms with E-state index in [-0.39, 0.29) is 11.6 Å². The van der Waals surface area contributed by atoms with Crippen LogP contribution in [0.2, 0.25) is 5.02 Å². The van der Waals surface area contributed by atoms with E-state index in [1.54, 1.807) is 6.07 Å². The van der Waals surface area contributed by atoms with Crippen molar-refractivity contribution in [1.29, 1.82) is 0 Å². The van der Waals surface area contributed by atoms with Crippen molar-refractivity contribution < 1.29 is 4.79 Å². The van der Waals surface area contributed by atoms with Gasteiger partial charge in [-0.15, -0.1) is 0 Å². The lowest BCUT2D eigenvalue weighted by atomic mass is 10.2. The molecule has 6 heteroatoms. The molecule has 1 amide bonds. The first-order chi connectivity index (χ1) is 12.0. The van der Waals surface area contributed by atoms with Gasteiger partial charge in [0.2, 0.25) is 0 Å². The van der Waals surface area contributed by atoms with Gasteiger partial charge in [-0.3, -0.25) is 4.79 Å². The van der Waals surface area contributed by atoms with Crippen LogP contribution in [0.5, 0.6) is 0 Å². The van der Waals surface area contributed by atoms with Gasteiger partial charge >= 0.3 is 0 Å². The molecule has 0 aliphatic rings. The molecule has 0 atom stereocenters. The number of halogens is 1. The van der Waals surface area contributed by atoms with E-state index in [0.29, 0.717) is 10.8 Å². The largest absolute Gasteiger partial charge is 0.340 e. The molecule has 0 aliphatic carbocycles. The van der Waals surface area contributed by atoms with Gasteiger partial charge in [0, 0.05) is 22.5 Å². The Morgan fingerprint density at radius 2 is 1.72 bits per heavy atom. The smallest absolute Gasteiger partial charge is 0.274 e. The van der Waals surface area contributed by atoms with Gasteiger partial charge in [-0.25, -0.2) is 9.97 Å². The van der Waals surface area contributed by atoms with Crippen molar-refractivity contribution in [3.05, 3.63) is 76.7 Å². The zero-order chi connectivity index (χ0) is 17.8. The first-order valence-corrected chi connectivity index (χ1v) is 8.13. The zero-order valence-electron chi connectivity index (χ0n) is 13.9. The van der Waals surface area contributed by atoms with Gasteiger partial charge in [-0.1, -0.05) is 35.9 Å². The molecule has 3 aromatic rings. The molecule has 0 bridgehead atoms. The van der Waals surface area contributed by atoms with Crippen molar-refractivity contribution in [1.82, 2.24) is 9.97 Å². The number of nitrogens with zero attached hydrogens (tertiary/aromatic N) is 2. The highest BCUT2D eigenvalue weighted by molar-refractivity contribution is 6.30. The predicted molar refractivity (Wildman–Crippen MR) is 101 cm³/mol. The van der Waals surface area contributed by atoms with E-state index in [1.165, 1.54) is 6.33 Å². The van der Waals surface area contributed by atoms with E-state index >= 15 is 0 Å². The third kappa shape index (κ3) is 4.14. The van der Waals surface area contributed by atoms with Crippen LogP contribution in [0, 0.1) is 13.8 Å². The molecule has 3 rings (SSSR count). The van der Waals surface area contributed by atoms with Crippen LogP contribution in [0.25, 0.3) is 0 Å². The third-order valence-electron chi connectivity index (χ3n) is 3.76. The van der Waals surface area contributed by atoms with Crippen molar-refractivity contribution >= 4 is 34.7 Å². The highest BCUT2D eigenvalue weighted by Gasteiger charge is 2.11. The molecule has 0 fully saturated rings. The van der Waals surface area contributed by atoms with E-state index in [2.05, 4.69) is 20.6 Å². The Balaban J connectivity index is 1.80. The Bertz CT molecular complexity index is 927. The molecule has 2 aromatic carbocycles. The molecule has 1 heterocycles. The number of amides is 1. The average molecular weight is 353 g/mol. The molecule has 0 radical (unpaired) electrons. The number of benzene rings is 2. The van der Waals surface area contributed by atoms with Gasteiger partial charge in [0.15, 0.2) is 0 Å². The summed E-state index contributed by atoms with van der Waals surface area (Å²) in [5.74, 6) is 0.234. The molecule has 2 N–H and O–H groups in total. The van der Waals surface area contributed by atoms with Crippen LogP contribution >= 0.6 is 11.6 Å². The van der Waals surface area contributed by atoms with Crippen molar-refractivity contribution in [3.63, 3.8) is 0 Å². The van der Waals surface area contributed by atoms with Crippen LogP contribution in [0.4, 0.5) is 17.2 Å². The van der Waals surface area contributed by atoms with E-state index in [9.17, 15) is 4.79 Å². The average Bonchev–Trinajstić information content (AvgIpc) is 2.60. The summed E-state index contributed by atoms with van der Waals surface area (Å²) < 4.78 is 0. The third-order valence-corrected chi connectivity index (χ3v) is 3.99. The Kier molecular flexibility index (Phi) is 4.95. The normalized spacial score (nSPS) is 10.4. The fourth-order valence-corrected chi connectivity index (χ4v) is 2.49. The van der Waals surface area contributed by atoms with Crippen LogP contribution in [0.3, 0.4) is 0 Å². The van der Waals surface area contributed by atoms with Gasteiger partial charge in [-0.05, 0) is 43.2 Å². The topological polar surface area (TPSA) is 66.9 Å². The summed E-state index contributed by atoms with van der Waals surface area (Å²) in [6, 6.07) is 14.7. The summed E-state index contributed by atoms with van der Waals surface area (Å²) in [6.45, 7) is 3.90. The molecule has 0 saturated heterocycles. The number of hydrogen-bond donors (Lipinski definition) is 2. The lowest BCUT2D eigenvalue weighted by molar-refractivity contribution is 0.102. The number of rotatable bonds is 4. The first-order valence-electron chi connectivity index (χ1n) is 7.75. The minimum Gasteiger partial charge on any atom is -0.340 e. The molecular formula is C19H17ClN4O. The highest BCUT2D eigenvalue weighted by atomic mass is 35.5. The number of nitrogens with one attached hydrogen (secondary N) is 2. The van der Waals surface area contributed by atoms with Gasteiger partial charge < -0.3 is 10.6 Å².